The molecule has 0 aliphatic carbocycles. The number of aliphatic hydroxyl groups is 1. The van der Waals surface area contributed by atoms with Crippen LogP contribution in [0, 0.1) is 5.41 Å². The number of carbonyl (C=O) groups is 2. The van der Waals surface area contributed by atoms with E-state index in [1.165, 1.54) is 0 Å². The lowest BCUT2D eigenvalue weighted by molar-refractivity contribution is -0.146. The van der Waals surface area contributed by atoms with Gasteiger partial charge in [0.15, 0.2) is 6.10 Å². The Bertz CT molecular complexity index is 247. The van der Waals surface area contributed by atoms with E-state index in [0.29, 0.717) is 0 Å². The molecule has 0 aromatic rings. The molecule has 6 heteroatoms. The summed E-state index contributed by atoms with van der Waals surface area (Å²) < 4.78 is 0. The fourth-order valence-corrected chi connectivity index (χ4v) is 0.788. The van der Waals surface area contributed by atoms with Gasteiger partial charge in [-0.3, -0.25) is 4.79 Å². The van der Waals surface area contributed by atoms with Gasteiger partial charge in [-0.15, -0.1) is 0 Å². The number of aliphatic hydroxyl groups excluding tert-OH is 1. The number of nitrogens with two attached hydrogens (primary N) is 1. The number of carbonyl (C=O) groups excluding carboxylic acids is 1. The Kier molecular flexibility index (Phi) is 4.70. The Labute approximate surface area is 88.5 Å². The minimum absolute atomic E-state index is 0.335. The van der Waals surface area contributed by atoms with E-state index in [2.05, 4.69) is 5.32 Å². The lowest BCUT2D eigenvalue weighted by Gasteiger charge is -2.26. The third kappa shape index (κ3) is 4.75. The van der Waals surface area contributed by atoms with Crippen molar-refractivity contribution in [1.29, 1.82) is 0 Å². The van der Waals surface area contributed by atoms with E-state index >= 15 is 0 Å². The van der Waals surface area contributed by atoms with E-state index in [1.807, 2.05) is 0 Å². The van der Waals surface area contributed by atoms with Crippen LogP contribution in [0.15, 0.2) is 0 Å². The van der Waals surface area contributed by atoms with E-state index in [4.69, 9.17) is 15.9 Å². The average Bonchev–Trinajstić information content (AvgIpc) is 2.10. The molecule has 15 heavy (non-hydrogen) atoms. The fourth-order valence-electron chi connectivity index (χ4n) is 0.788. The van der Waals surface area contributed by atoms with E-state index in [0.717, 1.165) is 0 Å². The van der Waals surface area contributed by atoms with Crippen molar-refractivity contribution in [1.82, 2.24) is 5.32 Å². The summed E-state index contributed by atoms with van der Waals surface area (Å²) in [5.41, 5.74) is 5.21. The maximum atomic E-state index is 11.4. The van der Waals surface area contributed by atoms with Gasteiger partial charge in [-0.05, 0) is 5.41 Å². The molecular formula is C9H18N2O4. The number of nitrogens with one attached hydrogen (secondary N) is 1. The summed E-state index contributed by atoms with van der Waals surface area (Å²) in [5, 5.41) is 19.5. The van der Waals surface area contributed by atoms with E-state index < -0.39 is 29.4 Å². The third-order valence-electron chi connectivity index (χ3n) is 1.97. The zero-order valence-corrected chi connectivity index (χ0v) is 9.15. The van der Waals surface area contributed by atoms with Crippen molar-refractivity contribution in [3.63, 3.8) is 0 Å². The van der Waals surface area contributed by atoms with Gasteiger partial charge >= 0.3 is 5.97 Å². The third-order valence-corrected chi connectivity index (χ3v) is 1.97. The van der Waals surface area contributed by atoms with Crippen LogP contribution >= 0.6 is 0 Å². The van der Waals surface area contributed by atoms with E-state index in [-0.39, 0.29) is 6.54 Å². The largest absolute Gasteiger partial charge is 0.479 e. The molecule has 0 bridgehead atoms. The predicted molar refractivity (Wildman–Crippen MR) is 54.1 cm³/mol. The molecule has 0 saturated carbocycles. The second-order valence-corrected chi connectivity index (χ2v) is 4.44. The van der Waals surface area contributed by atoms with E-state index in [1.54, 1.807) is 20.8 Å². The van der Waals surface area contributed by atoms with Gasteiger partial charge in [0.25, 0.3) is 0 Å². The maximum Gasteiger partial charge on any atom is 0.334 e. The lowest BCUT2D eigenvalue weighted by Crippen LogP contribution is -2.50. The number of rotatable bonds is 4. The maximum absolute atomic E-state index is 11.4. The fraction of sp³-hybridized carbons (Fsp3) is 0.778. The van der Waals surface area contributed by atoms with Crippen LogP contribution in [0.25, 0.3) is 0 Å². The molecule has 0 spiro atoms. The first-order valence-corrected chi connectivity index (χ1v) is 4.60. The molecule has 0 aromatic heterocycles. The van der Waals surface area contributed by atoms with E-state index in [9.17, 15) is 9.59 Å². The summed E-state index contributed by atoms with van der Waals surface area (Å²) in [4.78, 5) is 21.6. The molecule has 0 fully saturated rings. The highest BCUT2D eigenvalue weighted by Crippen LogP contribution is 2.16. The quantitative estimate of drug-likeness (QED) is 0.479. The van der Waals surface area contributed by atoms with Gasteiger partial charge in [0.2, 0.25) is 5.91 Å². The van der Waals surface area contributed by atoms with Crippen LogP contribution in [0.5, 0.6) is 0 Å². The topological polar surface area (TPSA) is 113 Å². The predicted octanol–water partition coefficient (Wildman–Crippen LogP) is -1.08. The van der Waals surface area contributed by atoms with Crippen LogP contribution in [-0.4, -0.2) is 40.8 Å². The molecule has 0 aliphatic heterocycles. The number of hydrogen-bond acceptors (Lipinski definition) is 4. The van der Waals surface area contributed by atoms with Crippen LogP contribution in [0.2, 0.25) is 0 Å². The van der Waals surface area contributed by atoms with Crippen molar-refractivity contribution in [2.45, 2.75) is 32.9 Å². The Morgan fingerprint density at radius 2 is 1.87 bits per heavy atom. The van der Waals surface area contributed by atoms with Gasteiger partial charge in [0.05, 0.1) is 12.6 Å². The smallest absolute Gasteiger partial charge is 0.334 e. The standard InChI is InChI=1S/C9H18N2O4/c1-9(2,3)6(10)7(13)11-4-5(12)8(14)15/h5-6,12H,4,10H2,1-3H3,(H,11,13)(H,14,15). The zero-order chi connectivity index (χ0) is 12.2. The molecule has 0 saturated heterocycles. The van der Waals surface area contributed by atoms with Gasteiger partial charge in [-0.1, -0.05) is 20.8 Å². The molecule has 5 N–H and O–H groups in total. The Hall–Kier alpha value is -1.14. The van der Waals surface area contributed by atoms with Crippen molar-refractivity contribution in [3.8, 4) is 0 Å². The second kappa shape index (κ2) is 5.09. The summed E-state index contributed by atoms with van der Waals surface area (Å²) >= 11 is 0. The SMILES string of the molecule is CC(C)(C)C(N)C(=O)NCC(O)C(=O)O. The highest BCUT2D eigenvalue weighted by molar-refractivity contribution is 5.83. The molecule has 0 aromatic carbocycles. The van der Waals surface area contributed by atoms with Gasteiger partial charge < -0.3 is 21.3 Å². The molecule has 88 valence electrons. The van der Waals surface area contributed by atoms with Crippen LogP contribution in [0.4, 0.5) is 0 Å². The highest BCUT2D eigenvalue weighted by Gasteiger charge is 2.28. The number of aliphatic carboxylic acids is 1. The monoisotopic (exact) mass is 218 g/mol. The number of carboxylic acid groups (broad SMARTS) is 1. The Morgan fingerprint density at radius 3 is 2.20 bits per heavy atom. The van der Waals surface area contributed by atoms with Crippen molar-refractivity contribution in [2.24, 2.45) is 11.1 Å². The van der Waals surface area contributed by atoms with Gasteiger partial charge in [-0.25, -0.2) is 4.79 Å². The lowest BCUT2D eigenvalue weighted by atomic mass is 9.87. The van der Waals surface area contributed by atoms with Crippen LogP contribution in [-0.2, 0) is 9.59 Å². The molecule has 2 unspecified atom stereocenters. The first-order chi connectivity index (χ1) is 6.66. The Balaban J connectivity index is 4.11. The van der Waals surface area contributed by atoms with Gasteiger partial charge in [0, 0.05) is 0 Å². The second-order valence-electron chi connectivity index (χ2n) is 4.44. The van der Waals surface area contributed by atoms with Gasteiger partial charge in [0.1, 0.15) is 0 Å². The number of amides is 1. The summed E-state index contributed by atoms with van der Waals surface area (Å²) in [6, 6.07) is -0.738. The first-order valence-electron chi connectivity index (χ1n) is 4.60. The summed E-state index contributed by atoms with van der Waals surface area (Å²) in [7, 11) is 0. The summed E-state index contributed by atoms with van der Waals surface area (Å²) in [5.74, 6) is -1.84. The zero-order valence-electron chi connectivity index (χ0n) is 9.15. The van der Waals surface area contributed by atoms with Crippen LogP contribution in [0.3, 0.4) is 0 Å². The van der Waals surface area contributed by atoms with Crippen molar-refractivity contribution in [3.05, 3.63) is 0 Å². The highest BCUT2D eigenvalue weighted by atomic mass is 16.4. The molecule has 1 amide bonds. The van der Waals surface area contributed by atoms with Crippen molar-refractivity contribution >= 4 is 11.9 Å². The van der Waals surface area contributed by atoms with Crippen LogP contribution < -0.4 is 11.1 Å². The minimum atomic E-state index is -1.60. The van der Waals surface area contributed by atoms with Crippen molar-refractivity contribution < 1.29 is 19.8 Å². The summed E-state index contributed by atoms with van der Waals surface area (Å²) in [6.45, 7) is 5.05. The van der Waals surface area contributed by atoms with Gasteiger partial charge in [-0.2, -0.15) is 0 Å². The number of carboxylic acids is 1. The van der Waals surface area contributed by atoms with Crippen LogP contribution in [0.1, 0.15) is 20.8 Å². The van der Waals surface area contributed by atoms with Crippen molar-refractivity contribution in [2.75, 3.05) is 6.54 Å². The molecule has 2 atom stereocenters. The average molecular weight is 218 g/mol. The molecule has 0 heterocycles. The molecule has 0 rings (SSSR count). The first kappa shape index (κ1) is 13.9. The molecular weight excluding hydrogens is 200 g/mol. The minimum Gasteiger partial charge on any atom is -0.479 e. The molecule has 0 aliphatic rings. The molecule has 6 nitrogen and oxygen atoms in total. The Morgan fingerprint density at radius 1 is 1.40 bits per heavy atom. The summed E-state index contributed by atoms with van der Waals surface area (Å²) in [6.07, 6.45) is -1.60. The number of hydrogen-bond donors (Lipinski definition) is 4. The normalized spacial score (nSPS) is 15.5. The molecule has 0 radical (unpaired) electrons.